The molecule has 0 aromatic heterocycles. The second kappa shape index (κ2) is 1.85. The van der Waals surface area contributed by atoms with Crippen LogP contribution in [-0.4, -0.2) is 18.3 Å². The van der Waals surface area contributed by atoms with Crippen LogP contribution in [0.15, 0.2) is 0 Å². The molecule has 0 saturated carbocycles. The molecule has 1 atom stereocenters. The molecule has 0 amide bonds. The third-order valence-corrected chi connectivity index (χ3v) is 1.42. The van der Waals surface area contributed by atoms with Gasteiger partial charge in [0.1, 0.15) is 0 Å². The van der Waals surface area contributed by atoms with Gasteiger partial charge in [-0.2, -0.15) is 0 Å². The Morgan fingerprint density at radius 1 is 1.67 bits per heavy atom. The molecule has 0 aliphatic carbocycles. The quantitative estimate of drug-likeness (QED) is 0.471. The first-order valence-electron chi connectivity index (χ1n) is 2.26. The van der Waals surface area contributed by atoms with Crippen LogP contribution >= 0.6 is 12.6 Å². The van der Waals surface area contributed by atoms with Crippen LogP contribution in [0.1, 0.15) is 6.42 Å². The molecule has 1 aliphatic heterocycles. The van der Waals surface area contributed by atoms with Gasteiger partial charge < -0.3 is 5.32 Å². The number of hydrogen-bond acceptors (Lipinski definition) is 1. The highest BCUT2D eigenvalue weighted by molar-refractivity contribution is 7.81. The summed E-state index contributed by atoms with van der Waals surface area (Å²) >= 11 is 4.94. The molecular formula is C4H8NS. The maximum Gasteiger partial charge on any atom is 0.0288 e. The first-order chi connectivity index (χ1) is 2.89. The molecule has 0 spiro atoms. The first-order valence-corrected chi connectivity index (χ1v) is 2.73. The van der Waals surface area contributed by atoms with E-state index in [1.54, 1.807) is 0 Å². The Bertz CT molecular complexity index is 40.8. The molecular weight excluding hydrogens is 94.1 g/mol. The van der Waals surface area contributed by atoms with E-state index < -0.39 is 0 Å². The van der Waals surface area contributed by atoms with Crippen molar-refractivity contribution in [3.63, 3.8) is 0 Å². The van der Waals surface area contributed by atoms with E-state index in [0.29, 0.717) is 5.25 Å². The van der Waals surface area contributed by atoms with Gasteiger partial charge >= 0.3 is 0 Å². The fourth-order valence-electron chi connectivity index (χ4n) is 0.628. The molecule has 1 saturated heterocycles. The fourth-order valence-corrected chi connectivity index (χ4v) is 0.864. The van der Waals surface area contributed by atoms with Gasteiger partial charge in [0.05, 0.1) is 0 Å². The van der Waals surface area contributed by atoms with E-state index in [9.17, 15) is 0 Å². The van der Waals surface area contributed by atoms with Crippen molar-refractivity contribution >= 4 is 12.6 Å². The summed E-state index contributed by atoms with van der Waals surface area (Å²) in [5.41, 5.74) is 0. The molecule has 1 heterocycles. The second-order valence-corrected chi connectivity index (χ2v) is 2.28. The lowest BCUT2D eigenvalue weighted by molar-refractivity contribution is 0.859. The highest BCUT2D eigenvalue weighted by Gasteiger charge is 2.08. The Hall–Kier alpha value is 0.310. The Labute approximate surface area is 43.5 Å². The normalized spacial score (nSPS) is 34.5. The molecule has 0 unspecified atom stereocenters. The van der Waals surface area contributed by atoms with Crippen LogP contribution in [0.5, 0.6) is 0 Å². The molecule has 6 heavy (non-hydrogen) atoms. The zero-order valence-corrected chi connectivity index (χ0v) is 4.42. The van der Waals surface area contributed by atoms with E-state index in [0.717, 1.165) is 13.1 Å². The average molecular weight is 102 g/mol. The van der Waals surface area contributed by atoms with Gasteiger partial charge in [-0.15, -0.1) is 0 Å². The molecule has 1 N–H and O–H groups in total. The second-order valence-electron chi connectivity index (χ2n) is 1.61. The van der Waals surface area contributed by atoms with Crippen molar-refractivity contribution in [2.45, 2.75) is 11.7 Å². The van der Waals surface area contributed by atoms with Crippen LogP contribution in [0.4, 0.5) is 0 Å². The van der Waals surface area contributed by atoms with Gasteiger partial charge in [-0.25, -0.2) is 0 Å². The van der Waals surface area contributed by atoms with Gasteiger partial charge in [-0.3, -0.25) is 0 Å². The number of rotatable bonds is 0. The predicted octanol–water partition coefficient (Wildman–Crippen LogP) is 0.546. The van der Waals surface area contributed by atoms with E-state index in [2.05, 4.69) is 5.32 Å². The third kappa shape index (κ3) is 0.884. The van der Waals surface area contributed by atoms with Gasteiger partial charge in [0.25, 0.3) is 0 Å². The minimum Gasteiger partial charge on any atom is -0.316 e. The van der Waals surface area contributed by atoms with Gasteiger partial charge in [0, 0.05) is 11.8 Å². The zero-order chi connectivity index (χ0) is 4.41. The molecule has 2 heteroatoms. The van der Waals surface area contributed by atoms with Crippen molar-refractivity contribution in [2.24, 2.45) is 0 Å². The van der Waals surface area contributed by atoms with E-state index in [1.165, 1.54) is 6.42 Å². The van der Waals surface area contributed by atoms with Crippen LogP contribution in [-0.2, 0) is 0 Å². The Morgan fingerprint density at radius 3 is 2.67 bits per heavy atom. The molecule has 1 nitrogen and oxygen atoms in total. The van der Waals surface area contributed by atoms with Gasteiger partial charge in [0.15, 0.2) is 0 Å². The Morgan fingerprint density at radius 2 is 2.50 bits per heavy atom. The fraction of sp³-hybridized carbons (Fsp3) is 1.00. The number of hydrogen-bond donors (Lipinski definition) is 1. The van der Waals surface area contributed by atoms with Crippen molar-refractivity contribution in [2.75, 3.05) is 13.1 Å². The topological polar surface area (TPSA) is 12.0 Å². The SMILES string of the molecule is [S][C@@H]1CCNC1. The maximum absolute atomic E-state index is 4.94. The van der Waals surface area contributed by atoms with Crippen LogP contribution in [0.25, 0.3) is 0 Å². The summed E-state index contributed by atoms with van der Waals surface area (Å²) in [6.07, 6.45) is 1.19. The molecule has 1 aliphatic rings. The van der Waals surface area contributed by atoms with Gasteiger partial charge in [-0.05, 0) is 13.0 Å². The lowest BCUT2D eigenvalue weighted by Gasteiger charge is -1.88. The molecule has 0 aromatic carbocycles. The Kier molecular flexibility index (Phi) is 1.37. The predicted molar refractivity (Wildman–Crippen MR) is 28.9 cm³/mol. The van der Waals surface area contributed by atoms with E-state index in [-0.39, 0.29) is 0 Å². The van der Waals surface area contributed by atoms with Crippen molar-refractivity contribution in [3.05, 3.63) is 0 Å². The number of nitrogens with one attached hydrogen (secondary N) is 1. The van der Waals surface area contributed by atoms with Crippen LogP contribution in [0, 0.1) is 0 Å². The summed E-state index contributed by atoms with van der Waals surface area (Å²) < 4.78 is 0. The maximum atomic E-state index is 4.94. The lowest BCUT2D eigenvalue weighted by atomic mass is 10.4. The monoisotopic (exact) mass is 102 g/mol. The summed E-state index contributed by atoms with van der Waals surface area (Å²) in [5.74, 6) is 0. The summed E-state index contributed by atoms with van der Waals surface area (Å²) in [7, 11) is 0. The van der Waals surface area contributed by atoms with Gasteiger partial charge in [0.2, 0.25) is 0 Å². The minimum absolute atomic E-state index is 0.519. The molecule has 35 valence electrons. The summed E-state index contributed by atoms with van der Waals surface area (Å²) in [6, 6.07) is 0. The van der Waals surface area contributed by atoms with E-state index >= 15 is 0 Å². The minimum atomic E-state index is 0.519. The van der Waals surface area contributed by atoms with Crippen molar-refractivity contribution in [1.82, 2.24) is 5.32 Å². The molecule has 1 radical (unpaired) electrons. The van der Waals surface area contributed by atoms with E-state index in [4.69, 9.17) is 12.6 Å². The standard InChI is InChI=1S/C4H8NS/c6-4-1-2-5-3-4/h4-5H,1-3H2/t4-/m1/s1. The Balaban J connectivity index is 2.18. The summed E-state index contributed by atoms with van der Waals surface area (Å²) in [4.78, 5) is 0. The smallest absolute Gasteiger partial charge is 0.0288 e. The van der Waals surface area contributed by atoms with Crippen molar-refractivity contribution in [1.29, 1.82) is 0 Å². The molecule has 1 rings (SSSR count). The van der Waals surface area contributed by atoms with E-state index in [1.807, 2.05) is 0 Å². The molecule has 0 aromatic rings. The third-order valence-electron chi connectivity index (χ3n) is 1.02. The largest absolute Gasteiger partial charge is 0.316 e. The highest BCUT2D eigenvalue weighted by Crippen LogP contribution is 2.02. The summed E-state index contributed by atoms with van der Waals surface area (Å²) in [5, 5.41) is 3.69. The average Bonchev–Trinajstić information content (AvgIpc) is 1.86. The van der Waals surface area contributed by atoms with Crippen LogP contribution < -0.4 is 5.32 Å². The first kappa shape index (κ1) is 4.47. The molecule has 0 bridgehead atoms. The van der Waals surface area contributed by atoms with Crippen LogP contribution in [0.3, 0.4) is 0 Å². The summed E-state index contributed by atoms with van der Waals surface area (Å²) in [6.45, 7) is 2.18. The zero-order valence-electron chi connectivity index (χ0n) is 3.61. The highest BCUT2D eigenvalue weighted by atomic mass is 32.1. The van der Waals surface area contributed by atoms with Crippen LogP contribution in [0.2, 0.25) is 0 Å². The van der Waals surface area contributed by atoms with Gasteiger partial charge in [-0.1, -0.05) is 12.6 Å². The van der Waals surface area contributed by atoms with Crippen molar-refractivity contribution < 1.29 is 0 Å². The van der Waals surface area contributed by atoms with Crippen molar-refractivity contribution in [3.8, 4) is 0 Å². The molecule has 1 fully saturated rings. The lowest BCUT2D eigenvalue weighted by Crippen LogP contribution is -2.07.